The first kappa shape index (κ1) is 10.4. The maximum Gasteiger partial charge on any atom is 0.417 e. The van der Waals surface area contributed by atoms with Gasteiger partial charge in [-0.25, -0.2) is 4.39 Å². The van der Waals surface area contributed by atoms with E-state index in [0.717, 1.165) is 19.3 Å². The van der Waals surface area contributed by atoms with E-state index in [2.05, 4.69) is 4.98 Å². The molecule has 0 amide bonds. The molecule has 1 aromatic heterocycles. The van der Waals surface area contributed by atoms with Crippen LogP contribution in [0.1, 0.15) is 36.4 Å². The summed E-state index contributed by atoms with van der Waals surface area (Å²) in [6.07, 6.45) is -1.19. The SMILES string of the molecule is Fc1cc(C(F)(F)F)cnc1C1CCC1. The van der Waals surface area contributed by atoms with Crippen LogP contribution in [0.5, 0.6) is 0 Å². The van der Waals surface area contributed by atoms with Gasteiger partial charge in [0.25, 0.3) is 0 Å². The number of halogens is 4. The standard InChI is InChI=1S/C10H9F4N/c11-8-4-7(10(12,13)14)5-15-9(8)6-2-1-3-6/h4-6H,1-3H2. The second kappa shape index (κ2) is 3.47. The first-order chi connectivity index (χ1) is 6.98. The van der Waals surface area contributed by atoms with Crippen molar-refractivity contribution in [1.82, 2.24) is 4.98 Å². The second-order valence-electron chi connectivity index (χ2n) is 3.72. The van der Waals surface area contributed by atoms with Gasteiger partial charge in [0.15, 0.2) is 0 Å². The van der Waals surface area contributed by atoms with Gasteiger partial charge >= 0.3 is 6.18 Å². The quantitative estimate of drug-likeness (QED) is 0.658. The van der Waals surface area contributed by atoms with Gasteiger partial charge in [-0.05, 0) is 18.9 Å². The second-order valence-corrected chi connectivity index (χ2v) is 3.72. The van der Waals surface area contributed by atoms with E-state index >= 15 is 0 Å². The van der Waals surface area contributed by atoms with Crippen molar-refractivity contribution in [2.45, 2.75) is 31.4 Å². The van der Waals surface area contributed by atoms with Gasteiger partial charge in [0.1, 0.15) is 5.82 Å². The minimum absolute atomic E-state index is 0.00674. The number of alkyl halides is 3. The summed E-state index contributed by atoms with van der Waals surface area (Å²) in [6, 6.07) is 0.528. The van der Waals surface area contributed by atoms with E-state index in [1.54, 1.807) is 0 Å². The molecule has 1 aromatic rings. The summed E-state index contributed by atoms with van der Waals surface area (Å²) in [4.78, 5) is 3.57. The summed E-state index contributed by atoms with van der Waals surface area (Å²) in [6.45, 7) is 0. The molecule has 0 saturated heterocycles. The van der Waals surface area contributed by atoms with Crippen LogP contribution in [-0.2, 0) is 6.18 Å². The molecule has 0 N–H and O–H groups in total. The highest BCUT2D eigenvalue weighted by molar-refractivity contribution is 5.22. The maximum atomic E-state index is 13.3. The van der Waals surface area contributed by atoms with Gasteiger partial charge in [0.2, 0.25) is 0 Å². The van der Waals surface area contributed by atoms with Gasteiger partial charge in [-0.15, -0.1) is 0 Å². The van der Waals surface area contributed by atoms with Crippen LogP contribution in [0.2, 0.25) is 0 Å². The zero-order chi connectivity index (χ0) is 11.1. The molecule has 1 aliphatic rings. The summed E-state index contributed by atoms with van der Waals surface area (Å²) in [5.74, 6) is -0.832. The predicted octanol–water partition coefficient (Wildman–Crippen LogP) is 3.51. The van der Waals surface area contributed by atoms with Crippen LogP contribution in [0.3, 0.4) is 0 Å². The van der Waals surface area contributed by atoms with Crippen LogP contribution >= 0.6 is 0 Å². The fourth-order valence-corrected chi connectivity index (χ4v) is 1.59. The Labute approximate surface area is 84.1 Å². The Hall–Kier alpha value is -1.13. The van der Waals surface area contributed by atoms with Gasteiger partial charge in [0.05, 0.1) is 11.3 Å². The number of rotatable bonds is 1. The van der Waals surface area contributed by atoms with Gasteiger partial charge in [-0.2, -0.15) is 13.2 Å². The molecule has 82 valence electrons. The smallest absolute Gasteiger partial charge is 0.257 e. The summed E-state index contributed by atoms with van der Waals surface area (Å²) in [5, 5.41) is 0. The molecule has 2 rings (SSSR count). The predicted molar refractivity (Wildman–Crippen MR) is 45.8 cm³/mol. The molecule has 1 saturated carbocycles. The first-order valence-corrected chi connectivity index (χ1v) is 4.71. The maximum absolute atomic E-state index is 13.3. The number of aromatic nitrogens is 1. The minimum Gasteiger partial charge on any atom is -0.257 e. The van der Waals surface area contributed by atoms with Crippen LogP contribution in [0, 0.1) is 5.82 Å². The van der Waals surface area contributed by atoms with Crippen LogP contribution < -0.4 is 0 Å². The number of hydrogen-bond acceptors (Lipinski definition) is 1. The van der Waals surface area contributed by atoms with E-state index in [4.69, 9.17) is 0 Å². The lowest BCUT2D eigenvalue weighted by molar-refractivity contribution is -0.138. The summed E-state index contributed by atoms with van der Waals surface area (Å²) < 4.78 is 49.9. The Morgan fingerprint density at radius 1 is 1.27 bits per heavy atom. The fraction of sp³-hybridized carbons (Fsp3) is 0.500. The molecule has 0 spiro atoms. The molecule has 0 bridgehead atoms. The monoisotopic (exact) mass is 219 g/mol. The Morgan fingerprint density at radius 3 is 2.33 bits per heavy atom. The molecule has 1 fully saturated rings. The molecule has 0 radical (unpaired) electrons. The third-order valence-electron chi connectivity index (χ3n) is 2.69. The number of hydrogen-bond donors (Lipinski definition) is 0. The zero-order valence-corrected chi connectivity index (χ0v) is 7.81. The van der Waals surface area contributed by atoms with E-state index in [1.807, 2.05) is 0 Å². The molecule has 1 nitrogen and oxygen atoms in total. The average Bonchev–Trinajstić information content (AvgIpc) is 2.03. The van der Waals surface area contributed by atoms with Crippen LogP contribution in [-0.4, -0.2) is 4.98 Å². The Kier molecular flexibility index (Phi) is 2.40. The Morgan fingerprint density at radius 2 is 1.93 bits per heavy atom. The highest BCUT2D eigenvalue weighted by Crippen LogP contribution is 2.37. The van der Waals surface area contributed by atoms with Crippen molar-refractivity contribution < 1.29 is 17.6 Å². The molecule has 15 heavy (non-hydrogen) atoms. The van der Waals surface area contributed by atoms with Crippen molar-refractivity contribution in [3.63, 3.8) is 0 Å². The molecule has 0 atom stereocenters. The lowest BCUT2D eigenvalue weighted by Crippen LogP contribution is -2.14. The van der Waals surface area contributed by atoms with E-state index in [0.29, 0.717) is 12.3 Å². The molecular formula is C10H9F4N. The highest BCUT2D eigenvalue weighted by Gasteiger charge is 2.33. The third kappa shape index (κ3) is 1.96. The summed E-state index contributed by atoms with van der Waals surface area (Å²) in [7, 11) is 0. The third-order valence-corrected chi connectivity index (χ3v) is 2.69. The zero-order valence-electron chi connectivity index (χ0n) is 7.81. The van der Waals surface area contributed by atoms with Gasteiger partial charge in [0, 0.05) is 12.1 Å². The molecule has 0 unspecified atom stereocenters. The molecule has 0 aliphatic heterocycles. The van der Waals surface area contributed by atoms with Crippen molar-refractivity contribution >= 4 is 0 Å². The van der Waals surface area contributed by atoms with Gasteiger partial charge < -0.3 is 0 Å². The lowest BCUT2D eigenvalue weighted by Gasteiger charge is -2.25. The van der Waals surface area contributed by atoms with Crippen LogP contribution in [0.25, 0.3) is 0 Å². The van der Waals surface area contributed by atoms with E-state index in [1.165, 1.54) is 0 Å². The highest BCUT2D eigenvalue weighted by atomic mass is 19.4. The molecule has 1 aliphatic carbocycles. The fourth-order valence-electron chi connectivity index (χ4n) is 1.59. The van der Waals surface area contributed by atoms with Crippen molar-refractivity contribution in [3.8, 4) is 0 Å². The lowest BCUT2D eigenvalue weighted by atomic mass is 9.82. The number of pyridine rings is 1. The first-order valence-electron chi connectivity index (χ1n) is 4.71. The van der Waals surface area contributed by atoms with Crippen molar-refractivity contribution in [2.75, 3.05) is 0 Å². The molecule has 0 aromatic carbocycles. The van der Waals surface area contributed by atoms with Crippen molar-refractivity contribution in [2.24, 2.45) is 0 Å². The molecule has 1 heterocycles. The van der Waals surface area contributed by atoms with Crippen LogP contribution in [0.4, 0.5) is 17.6 Å². The van der Waals surface area contributed by atoms with Crippen molar-refractivity contribution in [3.05, 3.63) is 29.3 Å². The van der Waals surface area contributed by atoms with Crippen molar-refractivity contribution in [1.29, 1.82) is 0 Å². The number of nitrogens with zero attached hydrogens (tertiary/aromatic N) is 1. The van der Waals surface area contributed by atoms with Gasteiger partial charge in [-0.3, -0.25) is 4.98 Å². The van der Waals surface area contributed by atoms with Crippen LogP contribution in [0.15, 0.2) is 12.3 Å². The van der Waals surface area contributed by atoms with E-state index in [-0.39, 0.29) is 11.6 Å². The van der Waals surface area contributed by atoms with E-state index in [9.17, 15) is 17.6 Å². The normalized spacial score (nSPS) is 17.6. The summed E-state index contributed by atoms with van der Waals surface area (Å²) >= 11 is 0. The summed E-state index contributed by atoms with van der Waals surface area (Å²) in [5.41, 5.74) is -0.850. The average molecular weight is 219 g/mol. The Bertz CT molecular complexity index is 368. The topological polar surface area (TPSA) is 12.9 Å². The molecular weight excluding hydrogens is 210 g/mol. The molecule has 5 heteroatoms. The van der Waals surface area contributed by atoms with Gasteiger partial charge in [-0.1, -0.05) is 6.42 Å². The Balaban J connectivity index is 2.30. The minimum atomic E-state index is -4.52. The largest absolute Gasteiger partial charge is 0.417 e. The van der Waals surface area contributed by atoms with E-state index < -0.39 is 17.6 Å².